The smallest absolute Gasteiger partial charge is 0.252 e. The molecule has 4 rings (SSSR count). The van der Waals surface area contributed by atoms with Gasteiger partial charge in [-0.2, -0.15) is 0 Å². The van der Waals surface area contributed by atoms with Crippen molar-refractivity contribution in [1.29, 1.82) is 0 Å². The quantitative estimate of drug-likeness (QED) is 0.769. The predicted octanol–water partition coefficient (Wildman–Crippen LogP) is 1.75. The molecule has 142 valence electrons. The largest absolute Gasteiger partial charge is 0.486 e. The maximum absolute atomic E-state index is 13.2. The van der Waals surface area contributed by atoms with E-state index in [9.17, 15) is 9.90 Å². The summed E-state index contributed by atoms with van der Waals surface area (Å²) < 4.78 is 11.2. The number of carbonyl (C=O) groups is 1. The van der Waals surface area contributed by atoms with Crippen molar-refractivity contribution in [2.24, 2.45) is 0 Å². The molecule has 0 radical (unpaired) electrons. The van der Waals surface area contributed by atoms with Gasteiger partial charge >= 0.3 is 0 Å². The number of carbonyl (C=O) groups excluding carboxylic acids is 1. The summed E-state index contributed by atoms with van der Waals surface area (Å²) >= 11 is 0. The molecular weight excluding hydrogens is 344 g/mol. The minimum absolute atomic E-state index is 0.228. The van der Waals surface area contributed by atoms with Crippen LogP contribution in [0, 0.1) is 6.92 Å². The minimum Gasteiger partial charge on any atom is -0.486 e. The van der Waals surface area contributed by atoms with Crippen molar-refractivity contribution >= 4 is 5.91 Å². The third kappa shape index (κ3) is 3.26. The van der Waals surface area contributed by atoms with Crippen LogP contribution in [0.15, 0.2) is 42.5 Å². The van der Waals surface area contributed by atoms with E-state index in [0.717, 1.165) is 11.1 Å². The molecule has 1 fully saturated rings. The maximum atomic E-state index is 13.2. The SMILES string of the molecule is Cc1cc2c(cc1C(=O)N[C@]1(c3ccccc3)CCNC[C@H]1O)OCCO2. The molecule has 0 saturated carbocycles. The molecular formula is C21H24N2O4. The lowest BCUT2D eigenvalue weighted by Gasteiger charge is -2.43. The molecule has 6 nitrogen and oxygen atoms in total. The summed E-state index contributed by atoms with van der Waals surface area (Å²) in [6, 6.07) is 13.2. The highest BCUT2D eigenvalue weighted by Crippen LogP contribution is 2.35. The van der Waals surface area contributed by atoms with Crippen molar-refractivity contribution in [2.75, 3.05) is 26.3 Å². The molecule has 3 N–H and O–H groups in total. The highest BCUT2D eigenvalue weighted by molar-refractivity contribution is 5.97. The fraction of sp³-hybridized carbons (Fsp3) is 0.381. The van der Waals surface area contributed by atoms with Gasteiger partial charge in [-0.15, -0.1) is 0 Å². The molecule has 0 aliphatic carbocycles. The number of hydrogen-bond donors (Lipinski definition) is 3. The van der Waals surface area contributed by atoms with E-state index in [1.54, 1.807) is 6.07 Å². The Morgan fingerprint density at radius 3 is 2.59 bits per heavy atom. The molecule has 2 aromatic rings. The van der Waals surface area contributed by atoms with E-state index in [4.69, 9.17) is 9.47 Å². The van der Waals surface area contributed by atoms with Gasteiger partial charge in [0.05, 0.1) is 11.6 Å². The van der Waals surface area contributed by atoms with Crippen molar-refractivity contribution in [3.63, 3.8) is 0 Å². The Balaban J connectivity index is 1.69. The summed E-state index contributed by atoms with van der Waals surface area (Å²) in [7, 11) is 0. The number of benzene rings is 2. The number of piperidine rings is 1. The molecule has 0 spiro atoms. The van der Waals surface area contributed by atoms with Gasteiger partial charge in [0.25, 0.3) is 5.91 Å². The summed E-state index contributed by atoms with van der Waals surface area (Å²) in [6.45, 7) is 3.99. The second-order valence-electron chi connectivity index (χ2n) is 7.07. The Morgan fingerprint density at radius 1 is 1.19 bits per heavy atom. The van der Waals surface area contributed by atoms with Gasteiger partial charge < -0.3 is 25.2 Å². The Morgan fingerprint density at radius 2 is 1.89 bits per heavy atom. The predicted molar refractivity (Wildman–Crippen MR) is 101 cm³/mol. The van der Waals surface area contributed by atoms with Crippen molar-refractivity contribution < 1.29 is 19.4 Å². The van der Waals surface area contributed by atoms with E-state index in [2.05, 4.69) is 10.6 Å². The first-order valence-electron chi connectivity index (χ1n) is 9.27. The third-order valence-corrected chi connectivity index (χ3v) is 5.36. The molecule has 2 aliphatic rings. The van der Waals surface area contributed by atoms with Crippen LogP contribution in [0.2, 0.25) is 0 Å². The number of fused-ring (bicyclic) bond motifs is 1. The van der Waals surface area contributed by atoms with Crippen LogP contribution in [0.5, 0.6) is 11.5 Å². The summed E-state index contributed by atoms with van der Waals surface area (Å²) in [5.41, 5.74) is 1.41. The van der Waals surface area contributed by atoms with Gasteiger partial charge in [0.2, 0.25) is 0 Å². The van der Waals surface area contributed by atoms with Crippen molar-refractivity contribution in [3.8, 4) is 11.5 Å². The van der Waals surface area contributed by atoms with Crippen molar-refractivity contribution in [3.05, 3.63) is 59.2 Å². The molecule has 2 aliphatic heterocycles. The number of nitrogens with one attached hydrogen (secondary N) is 2. The zero-order valence-electron chi connectivity index (χ0n) is 15.3. The zero-order chi connectivity index (χ0) is 18.9. The third-order valence-electron chi connectivity index (χ3n) is 5.36. The average molecular weight is 368 g/mol. The fourth-order valence-corrected chi connectivity index (χ4v) is 3.86. The monoisotopic (exact) mass is 368 g/mol. The van der Waals surface area contributed by atoms with Crippen LogP contribution in [0.25, 0.3) is 0 Å². The first-order chi connectivity index (χ1) is 13.1. The van der Waals surface area contributed by atoms with E-state index < -0.39 is 11.6 Å². The van der Waals surface area contributed by atoms with Gasteiger partial charge in [-0.05, 0) is 43.1 Å². The lowest BCUT2D eigenvalue weighted by atomic mass is 9.79. The minimum atomic E-state index is -0.830. The van der Waals surface area contributed by atoms with E-state index in [1.807, 2.05) is 43.3 Å². The highest BCUT2D eigenvalue weighted by Gasteiger charge is 2.43. The number of β-amino-alcohol motifs (C(OH)–C–C–N with tert-alkyl or cyclic N) is 1. The van der Waals surface area contributed by atoms with Crippen LogP contribution in [0.3, 0.4) is 0 Å². The van der Waals surface area contributed by atoms with Crippen LogP contribution in [-0.4, -0.2) is 43.4 Å². The fourth-order valence-electron chi connectivity index (χ4n) is 3.86. The second kappa shape index (κ2) is 7.21. The van der Waals surface area contributed by atoms with Crippen molar-refractivity contribution in [1.82, 2.24) is 10.6 Å². The van der Waals surface area contributed by atoms with Gasteiger partial charge in [-0.1, -0.05) is 30.3 Å². The maximum Gasteiger partial charge on any atom is 0.252 e. The van der Waals surface area contributed by atoms with Crippen LogP contribution in [-0.2, 0) is 5.54 Å². The number of aliphatic hydroxyl groups excluding tert-OH is 1. The van der Waals surface area contributed by atoms with E-state index >= 15 is 0 Å². The molecule has 27 heavy (non-hydrogen) atoms. The molecule has 2 atom stereocenters. The first kappa shape index (κ1) is 17.8. The van der Waals surface area contributed by atoms with Crippen LogP contribution >= 0.6 is 0 Å². The van der Waals surface area contributed by atoms with Crippen LogP contribution in [0.4, 0.5) is 0 Å². The number of amides is 1. The molecule has 2 aromatic carbocycles. The Bertz CT molecular complexity index is 840. The van der Waals surface area contributed by atoms with Crippen LogP contribution < -0.4 is 20.1 Å². The highest BCUT2D eigenvalue weighted by atomic mass is 16.6. The summed E-state index contributed by atoms with van der Waals surface area (Å²) in [4.78, 5) is 13.2. The van der Waals surface area contributed by atoms with Gasteiger partial charge in [-0.25, -0.2) is 0 Å². The van der Waals surface area contributed by atoms with Gasteiger partial charge in [-0.3, -0.25) is 4.79 Å². The summed E-state index contributed by atoms with van der Waals surface area (Å²) in [5, 5.41) is 17.1. The van der Waals surface area contributed by atoms with E-state index in [-0.39, 0.29) is 5.91 Å². The second-order valence-corrected chi connectivity index (χ2v) is 7.07. The normalized spacial score (nSPS) is 24.3. The van der Waals surface area contributed by atoms with Gasteiger partial charge in [0.15, 0.2) is 11.5 Å². The van der Waals surface area contributed by atoms with E-state index in [0.29, 0.717) is 49.8 Å². The lowest BCUT2D eigenvalue weighted by molar-refractivity contribution is 0.0289. The lowest BCUT2D eigenvalue weighted by Crippen LogP contribution is -2.61. The van der Waals surface area contributed by atoms with Gasteiger partial charge in [0, 0.05) is 12.1 Å². The Labute approximate surface area is 158 Å². The number of ether oxygens (including phenoxy) is 2. The summed E-state index contributed by atoms with van der Waals surface area (Å²) in [6.07, 6.45) is -0.122. The molecule has 1 saturated heterocycles. The van der Waals surface area contributed by atoms with E-state index in [1.165, 1.54) is 0 Å². The molecule has 2 heterocycles. The first-order valence-corrected chi connectivity index (χ1v) is 9.27. The summed E-state index contributed by atoms with van der Waals surface area (Å²) in [5.74, 6) is 1.01. The molecule has 6 heteroatoms. The zero-order valence-corrected chi connectivity index (χ0v) is 15.3. The van der Waals surface area contributed by atoms with Crippen molar-refractivity contribution in [2.45, 2.75) is 25.0 Å². The Kier molecular flexibility index (Phi) is 4.76. The molecule has 0 unspecified atom stereocenters. The number of rotatable bonds is 3. The van der Waals surface area contributed by atoms with Crippen LogP contribution in [0.1, 0.15) is 27.9 Å². The Hall–Kier alpha value is -2.57. The topological polar surface area (TPSA) is 79.8 Å². The standard InChI is InChI=1S/C21H24N2O4/c1-14-11-17-18(27-10-9-26-17)12-16(14)20(25)23-21(7-8-22-13-19(21)24)15-5-3-2-4-6-15/h2-6,11-12,19,22,24H,7-10,13H2,1H3,(H,23,25)/t19-,21+/m1/s1. The molecule has 0 bridgehead atoms. The van der Waals surface area contributed by atoms with Gasteiger partial charge in [0.1, 0.15) is 13.2 Å². The average Bonchev–Trinajstić information content (AvgIpc) is 2.70. The number of hydrogen-bond acceptors (Lipinski definition) is 5. The number of aliphatic hydroxyl groups is 1. The molecule has 1 amide bonds. The number of aryl methyl sites for hydroxylation is 1. The molecule has 0 aromatic heterocycles.